The van der Waals surface area contributed by atoms with E-state index in [0.717, 1.165) is 5.75 Å². The standard InChI is InChI=1S/C14H21N2O7PS/c1-3-25-5-4-12(14(18)19)16-7-11-10(8-23-24(20,21)22)6-15-9(2)13(11)17/h6-7,12,17H,3-5,8H2,1-2H3,(H,18,19)(H2,20,21,22)/t12-/m0/s1. The zero-order chi connectivity index (χ0) is 19.0. The zero-order valence-corrected chi connectivity index (χ0v) is 15.5. The van der Waals surface area contributed by atoms with E-state index in [4.69, 9.17) is 9.79 Å². The first-order valence-electron chi connectivity index (χ1n) is 7.37. The summed E-state index contributed by atoms with van der Waals surface area (Å²) in [5.74, 6) is 0.152. The lowest BCUT2D eigenvalue weighted by Crippen LogP contribution is -2.19. The highest BCUT2D eigenvalue weighted by atomic mass is 32.2. The van der Waals surface area contributed by atoms with Crippen molar-refractivity contribution >= 4 is 31.8 Å². The summed E-state index contributed by atoms with van der Waals surface area (Å²) in [6, 6.07) is -0.984. The third kappa shape index (κ3) is 7.54. The number of carbonyl (C=O) groups is 1. The average molecular weight is 392 g/mol. The van der Waals surface area contributed by atoms with E-state index in [1.165, 1.54) is 19.3 Å². The van der Waals surface area contributed by atoms with E-state index in [0.29, 0.717) is 12.2 Å². The third-order valence-corrected chi connectivity index (χ3v) is 4.55. The smallest absolute Gasteiger partial charge is 0.469 e. The van der Waals surface area contributed by atoms with Crippen LogP contribution >= 0.6 is 19.6 Å². The first-order valence-corrected chi connectivity index (χ1v) is 10.1. The summed E-state index contributed by atoms with van der Waals surface area (Å²) in [6.45, 7) is 3.00. The topological polar surface area (TPSA) is 150 Å². The van der Waals surface area contributed by atoms with Crippen molar-refractivity contribution in [2.75, 3.05) is 11.5 Å². The highest BCUT2D eigenvalue weighted by Crippen LogP contribution is 2.37. The van der Waals surface area contributed by atoms with E-state index in [1.54, 1.807) is 11.8 Å². The predicted octanol–water partition coefficient (Wildman–Crippen LogP) is 1.72. The zero-order valence-electron chi connectivity index (χ0n) is 13.8. The van der Waals surface area contributed by atoms with E-state index in [-0.39, 0.29) is 22.6 Å². The molecule has 0 aliphatic rings. The number of phosphoric acid groups is 1. The molecule has 1 atom stereocenters. The minimum Gasteiger partial charge on any atom is -0.505 e. The Labute approximate surface area is 149 Å². The summed E-state index contributed by atoms with van der Waals surface area (Å²) in [5.41, 5.74) is 0.576. The van der Waals surface area contributed by atoms with Gasteiger partial charge in [-0.05, 0) is 24.9 Å². The molecule has 0 spiro atoms. The van der Waals surface area contributed by atoms with Crippen LogP contribution in [0.15, 0.2) is 11.2 Å². The average Bonchev–Trinajstić information content (AvgIpc) is 2.52. The van der Waals surface area contributed by atoms with Crippen molar-refractivity contribution < 1.29 is 33.9 Å². The Balaban J connectivity index is 3.05. The van der Waals surface area contributed by atoms with Crippen molar-refractivity contribution in [3.63, 3.8) is 0 Å². The van der Waals surface area contributed by atoms with Crippen LogP contribution in [0.2, 0.25) is 0 Å². The largest absolute Gasteiger partial charge is 0.505 e. The van der Waals surface area contributed by atoms with Crippen molar-refractivity contribution in [2.45, 2.75) is 32.9 Å². The monoisotopic (exact) mass is 392 g/mol. The molecule has 0 aliphatic carbocycles. The van der Waals surface area contributed by atoms with Gasteiger partial charge in [0.25, 0.3) is 0 Å². The van der Waals surface area contributed by atoms with Gasteiger partial charge in [-0.2, -0.15) is 11.8 Å². The maximum atomic E-state index is 11.3. The Kier molecular flexibility index (Phi) is 8.54. The van der Waals surface area contributed by atoms with Crippen LogP contribution in [0.4, 0.5) is 0 Å². The molecule has 0 radical (unpaired) electrons. The van der Waals surface area contributed by atoms with Crippen LogP contribution in [-0.2, 0) is 20.5 Å². The summed E-state index contributed by atoms with van der Waals surface area (Å²) >= 11 is 1.59. The Morgan fingerprint density at radius 2 is 2.20 bits per heavy atom. The minimum atomic E-state index is -4.70. The summed E-state index contributed by atoms with van der Waals surface area (Å²) < 4.78 is 15.3. The van der Waals surface area contributed by atoms with E-state index in [1.807, 2.05) is 6.92 Å². The number of pyridine rings is 1. The van der Waals surface area contributed by atoms with E-state index in [2.05, 4.69) is 14.5 Å². The third-order valence-electron chi connectivity index (χ3n) is 3.15. The molecule has 0 saturated carbocycles. The van der Waals surface area contributed by atoms with Crippen LogP contribution < -0.4 is 0 Å². The number of carboxylic acids is 1. The van der Waals surface area contributed by atoms with Gasteiger partial charge in [0, 0.05) is 23.5 Å². The maximum Gasteiger partial charge on any atom is 0.469 e. The number of hydrogen-bond donors (Lipinski definition) is 4. The number of rotatable bonds is 10. The summed E-state index contributed by atoms with van der Waals surface area (Å²) in [5, 5.41) is 19.3. The Hall–Kier alpha value is -1.45. The normalized spacial score (nSPS) is 13.3. The molecule has 1 heterocycles. The van der Waals surface area contributed by atoms with Gasteiger partial charge in [0.15, 0.2) is 0 Å². The molecular formula is C14H21N2O7PS. The van der Waals surface area contributed by atoms with Crippen LogP contribution in [0.1, 0.15) is 30.2 Å². The molecule has 0 bridgehead atoms. The van der Waals surface area contributed by atoms with Gasteiger partial charge < -0.3 is 20.0 Å². The van der Waals surface area contributed by atoms with E-state index >= 15 is 0 Å². The summed E-state index contributed by atoms with van der Waals surface area (Å²) in [4.78, 5) is 36.8. The predicted molar refractivity (Wildman–Crippen MR) is 94.1 cm³/mol. The van der Waals surface area contributed by atoms with E-state index < -0.39 is 26.4 Å². The number of aryl methyl sites for hydroxylation is 1. The first kappa shape index (κ1) is 21.6. The Morgan fingerprint density at radius 3 is 2.76 bits per heavy atom. The van der Waals surface area contributed by atoms with Crippen LogP contribution in [0.5, 0.6) is 5.75 Å². The minimum absolute atomic E-state index is 0.121. The number of nitrogens with zero attached hydrogens (tertiary/aromatic N) is 2. The Morgan fingerprint density at radius 1 is 1.52 bits per heavy atom. The number of aliphatic carboxylic acids is 1. The molecule has 9 nitrogen and oxygen atoms in total. The van der Waals surface area contributed by atoms with Crippen LogP contribution in [0.25, 0.3) is 0 Å². The Bertz CT molecular complexity index is 677. The highest BCUT2D eigenvalue weighted by molar-refractivity contribution is 7.99. The van der Waals surface area contributed by atoms with Crippen molar-refractivity contribution in [3.05, 3.63) is 23.0 Å². The van der Waals surface area contributed by atoms with Crippen LogP contribution in [-0.4, -0.2) is 54.7 Å². The summed E-state index contributed by atoms with van der Waals surface area (Å²) in [6.07, 6.45) is 2.79. The molecule has 140 valence electrons. The molecule has 0 fully saturated rings. The fourth-order valence-corrected chi connectivity index (χ4v) is 2.82. The molecule has 0 amide bonds. The molecule has 1 aromatic heterocycles. The first-order chi connectivity index (χ1) is 11.7. The lowest BCUT2D eigenvalue weighted by Gasteiger charge is -2.12. The van der Waals surface area contributed by atoms with Crippen molar-refractivity contribution in [2.24, 2.45) is 4.99 Å². The lowest BCUT2D eigenvalue weighted by molar-refractivity contribution is -0.138. The van der Waals surface area contributed by atoms with Crippen molar-refractivity contribution in [3.8, 4) is 5.75 Å². The number of aliphatic imine (C=N–C) groups is 1. The molecule has 0 unspecified atom stereocenters. The van der Waals surface area contributed by atoms with Gasteiger partial charge in [-0.3, -0.25) is 14.5 Å². The van der Waals surface area contributed by atoms with Gasteiger partial charge in [0.1, 0.15) is 11.8 Å². The number of phosphoric ester groups is 1. The maximum absolute atomic E-state index is 11.3. The fraction of sp³-hybridized carbons (Fsp3) is 0.500. The van der Waals surface area contributed by atoms with Crippen molar-refractivity contribution in [1.82, 2.24) is 4.98 Å². The number of thioether (sulfide) groups is 1. The molecule has 25 heavy (non-hydrogen) atoms. The second-order valence-electron chi connectivity index (χ2n) is 5.01. The summed E-state index contributed by atoms with van der Waals surface area (Å²) in [7, 11) is -4.70. The highest BCUT2D eigenvalue weighted by Gasteiger charge is 2.19. The second-order valence-corrected chi connectivity index (χ2v) is 7.65. The lowest BCUT2D eigenvalue weighted by atomic mass is 10.1. The van der Waals surface area contributed by atoms with Gasteiger partial charge in [0.05, 0.1) is 12.3 Å². The molecule has 0 saturated heterocycles. The molecule has 1 aromatic rings. The second kappa shape index (κ2) is 9.88. The molecule has 0 aliphatic heterocycles. The van der Waals surface area contributed by atoms with Crippen LogP contribution in [0.3, 0.4) is 0 Å². The van der Waals surface area contributed by atoms with Gasteiger partial charge in [-0.1, -0.05) is 6.92 Å². The van der Waals surface area contributed by atoms with Gasteiger partial charge in [0.2, 0.25) is 0 Å². The van der Waals surface area contributed by atoms with Crippen molar-refractivity contribution in [1.29, 1.82) is 0 Å². The molecular weight excluding hydrogens is 371 g/mol. The molecule has 4 N–H and O–H groups in total. The number of aromatic hydroxyl groups is 1. The number of aromatic nitrogens is 1. The number of carboxylic acid groups (broad SMARTS) is 1. The quantitative estimate of drug-likeness (QED) is 0.265. The molecule has 1 rings (SSSR count). The van der Waals surface area contributed by atoms with Gasteiger partial charge >= 0.3 is 13.8 Å². The SMILES string of the molecule is CCSCC[C@H](N=Cc1c(COP(=O)(O)O)cnc(C)c1O)C(=O)O. The fourth-order valence-electron chi connectivity index (χ4n) is 1.83. The van der Waals surface area contributed by atoms with E-state index in [9.17, 15) is 19.6 Å². The van der Waals surface area contributed by atoms with Gasteiger partial charge in [-0.25, -0.2) is 9.36 Å². The number of hydrogen-bond acceptors (Lipinski definition) is 7. The molecule has 11 heteroatoms. The van der Waals surface area contributed by atoms with Gasteiger partial charge in [-0.15, -0.1) is 0 Å². The van der Waals surface area contributed by atoms with Crippen LogP contribution in [0, 0.1) is 6.92 Å². The molecule has 0 aromatic carbocycles.